The Bertz CT molecular complexity index is 1220. The molecule has 1 saturated heterocycles. The lowest BCUT2D eigenvalue weighted by Crippen LogP contribution is -2.52. The molecule has 1 atom stereocenters. The largest absolute Gasteiger partial charge is 0.497 e. The Hall–Kier alpha value is -3.32. The molecule has 2 fully saturated rings. The molecule has 5 rings (SSSR count). The Balaban J connectivity index is 1.30. The van der Waals surface area contributed by atoms with Gasteiger partial charge in [-0.15, -0.1) is 0 Å². The van der Waals surface area contributed by atoms with Crippen LogP contribution in [-0.2, 0) is 7.05 Å². The van der Waals surface area contributed by atoms with Gasteiger partial charge in [-0.3, -0.25) is 14.4 Å². The highest BCUT2D eigenvalue weighted by Crippen LogP contribution is 2.30. The van der Waals surface area contributed by atoms with E-state index in [4.69, 9.17) is 4.74 Å². The van der Waals surface area contributed by atoms with Crippen LogP contribution < -0.4 is 15.0 Å². The Morgan fingerprint density at radius 2 is 1.86 bits per heavy atom. The number of anilines is 1. The number of nitrogens with one attached hydrogen (secondary N) is 1. The molecule has 0 bridgehead atoms. The number of aryl methyl sites for hydroxylation is 2. The first-order valence-electron chi connectivity index (χ1n) is 13.0. The van der Waals surface area contributed by atoms with E-state index in [1.165, 1.54) is 19.3 Å². The second kappa shape index (κ2) is 10.3. The molecule has 2 aliphatic rings. The zero-order valence-corrected chi connectivity index (χ0v) is 21.8. The fourth-order valence-corrected chi connectivity index (χ4v) is 5.23. The SMILES string of the molecule is COc1cc(-c2cnn(C)c2)cc([C@@H](C)NC(=O)c2cc(N3CCN(C4CCC4)CC3)ccc2C)c1. The molecule has 1 N–H and O–H groups in total. The fourth-order valence-electron chi connectivity index (χ4n) is 5.23. The minimum Gasteiger partial charge on any atom is -0.497 e. The molecule has 7 nitrogen and oxygen atoms in total. The highest BCUT2D eigenvalue weighted by molar-refractivity contribution is 5.97. The fraction of sp³-hybridized carbons (Fsp3) is 0.448. The number of hydrogen-bond donors (Lipinski definition) is 1. The molecule has 36 heavy (non-hydrogen) atoms. The molecular weight excluding hydrogens is 450 g/mol. The van der Waals surface area contributed by atoms with Gasteiger partial charge in [0.2, 0.25) is 0 Å². The van der Waals surface area contributed by atoms with E-state index in [2.05, 4.69) is 44.5 Å². The number of piperazine rings is 1. The van der Waals surface area contributed by atoms with Crippen LogP contribution in [-0.4, -0.2) is 59.9 Å². The minimum atomic E-state index is -0.183. The second-order valence-corrected chi connectivity index (χ2v) is 10.2. The van der Waals surface area contributed by atoms with E-state index in [1.807, 2.05) is 45.4 Å². The maximum Gasteiger partial charge on any atom is 0.252 e. The van der Waals surface area contributed by atoms with Crippen molar-refractivity contribution in [1.29, 1.82) is 0 Å². The van der Waals surface area contributed by atoms with Gasteiger partial charge in [-0.2, -0.15) is 5.10 Å². The molecule has 1 aliphatic heterocycles. The van der Waals surface area contributed by atoms with Gasteiger partial charge in [0.1, 0.15) is 5.75 Å². The topological polar surface area (TPSA) is 62.6 Å². The van der Waals surface area contributed by atoms with E-state index in [0.717, 1.165) is 71.5 Å². The Kier molecular flexibility index (Phi) is 7.01. The van der Waals surface area contributed by atoms with Gasteiger partial charge in [0, 0.05) is 62.3 Å². The number of nitrogens with zero attached hydrogens (tertiary/aromatic N) is 4. The van der Waals surface area contributed by atoms with Gasteiger partial charge in [0.25, 0.3) is 5.91 Å². The molecule has 7 heteroatoms. The van der Waals surface area contributed by atoms with Gasteiger partial charge in [-0.1, -0.05) is 12.5 Å². The van der Waals surface area contributed by atoms with Crippen molar-refractivity contribution in [1.82, 2.24) is 20.0 Å². The standard InChI is InChI=1S/C29H37N5O2/c1-20-8-9-26(34-12-10-33(11-13-34)25-6-5-7-25)17-28(20)29(35)31-21(2)22-14-23(16-27(15-22)36-4)24-18-30-32(3)19-24/h8-9,14-19,21,25H,5-7,10-13H2,1-4H3,(H,31,35)/t21-/m1/s1. The number of rotatable bonds is 7. The lowest BCUT2D eigenvalue weighted by Gasteiger charge is -2.43. The van der Waals surface area contributed by atoms with Crippen LogP contribution in [0, 0.1) is 6.92 Å². The van der Waals surface area contributed by atoms with Gasteiger partial charge < -0.3 is 15.0 Å². The lowest BCUT2D eigenvalue weighted by atomic mass is 9.91. The third-order valence-electron chi connectivity index (χ3n) is 7.79. The average Bonchev–Trinajstić information content (AvgIpc) is 3.29. The Labute approximate surface area is 214 Å². The van der Waals surface area contributed by atoms with Crippen LogP contribution in [0.25, 0.3) is 11.1 Å². The van der Waals surface area contributed by atoms with E-state index in [0.29, 0.717) is 0 Å². The van der Waals surface area contributed by atoms with Crippen LogP contribution in [0.2, 0.25) is 0 Å². The van der Waals surface area contributed by atoms with Crippen LogP contribution in [0.1, 0.15) is 53.7 Å². The number of aromatic nitrogens is 2. The first-order chi connectivity index (χ1) is 17.4. The molecule has 2 aromatic carbocycles. The summed E-state index contributed by atoms with van der Waals surface area (Å²) in [5, 5.41) is 7.50. The van der Waals surface area contributed by atoms with E-state index >= 15 is 0 Å². The van der Waals surface area contributed by atoms with Gasteiger partial charge in [-0.25, -0.2) is 0 Å². The third-order valence-corrected chi connectivity index (χ3v) is 7.79. The van der Waals surface area contributed by atoms with Crippen molar-refractivity contribution in [3.8, 4) is 16.9 Å². The summed E-state index contributed by atoms with van der Waals surface area (Å²) in [6.07, 6.45) is 7.89. The average molecular weight is 488 g/mol. The molecule has 1 aliphatic carbocycles. The van der Waals surface area contributed by atoms with Gasteiger partial charge >= 0.3 is 0 Å². The normalized spacial score (nSPS) is 17.5. The van der Waals surface area contributed by atoms with Gasteiger partial charge in [0.05, 0.1) is 19.3 Å². The molecule has 1 amide bonds. The van der Waals surface area contributed by atoms with Crippen LogP contribution in [0.4, 0.5) is 5.69 Å². The van der Waals surface area contributed by atoms with Gasteiger partial charge in [0.15, 0.2) is 0 Å². The molecule has 1 saturated carbocycles. The number of carbonyl (C=O) groups is 1. The maximum absolute atomic E-state index is 13.4. The van der Waals surface area contributed by atoms with E-state index in [-0.39, 0.29) is 11.9 Å². The summed E-state index contributed by atoms with van der Waals surface area (Å²) < 4.78 is 7.33. The molecule has 1 aromatic heterocycles. The van der Waals surface area contributed by atoms with Gasteiger partial charge in [-0.05, 0) is 73.7 Å². The number of ether oxygens (including phenoxy) is 1. The zero-order chi connectivity index (χ0) is 25.2. The third kappa shape index (κ3) is 5.12. The van der Waals surface area contributed by atoms with Crippen molar-refractivity contribution < 1.29 is 9.53 Å². The molecule has 190 valence electrons. The smallest absolute Gasteiger partial charge is 0.252 e. The maximum atomic E-state index is 13.4. The number of benzene rings is 2. The first kappa shape index (κ1) is 24.4. The lowest BCUT2D eigenvalue weighted by molar-refractivity contribution is 0.0939. The molecule has 2 heterocycles. The predicted octanol–water partition coefficient (Wildman–Crippen LogP) is 4.57. The Morgan fingerprint density at radius 3 is 2.50 bits per heavy atom. The van der Waals surface area contributed by atoms with Crippen molar-refractivity contribution in [2.75, 3.05) is 38.2 Å². The van der Waals surface area contributed by atoms with Crippen molar-refractivity contribution >= 4 is 11.6 Å². The number of methoxy groups -OCH3 is 1. The second-order valence-electron chi connectivity index (χ2n) is 10.2. The minimum absolute atomic E-state index is 0.0549. The van der Waals surface area contributed by atoms with Crippen LogP contribution in [0.3, 0.4) is 0 Å². The van der Waals surface area contributed by atoms with E-state index < -0.39 is 0 Å². The predicted molar refractivity (Wildman–Crippen MR) is 144 cm³/mol. The molecule has 0 radical (unpaired) electrons. The van der Waals surface area contributed by atoms with E-state index in [1.54, 1.807) is 11.8 Å². The summed E-state index contributed by atoms with van der Waals surface area (Å²) in [6, 6.07) is 13.0. The molecule has 3 aromatic rings. The van der Waals surface area contributed by atoms with Crippen LogP contribution in [0.15, 0.2) is 48.8 Å². The summed E-state index contributed by atoms with van der Waals surface area (Å²) >= 11 is 0. The number of hydrogen-bond acceptors (Lipinski definition) is 5. The summed E-state index contributed by atoms with van der Waals surface area (Å²) in [7, 11) is 3.56. The zero-order valence-electron chi connectivity index (χ0n) is 21.8. The summed E-state index contributed by atoms with van der Waals surface area (Å²) in [5.74, 6) is 0.701. The van der Waals surface area contributed by atoms with Crippen LogP contribution >= 0.6 is 0 Å². The van der Waals surface area contributed by atoms with Crippen molar-refractivity contribution in [3.05, 3.63) is 65.5 Å². The summed E-state index contributed by atoms with van der Waals surface area (Å²) in [4.78, 5) is 18.5. The van der Waals surface area contributed by atoms with Crippen LogP contribution in [0.5, 0.6) is 5.75 Å². The monoisotopic (exact) mass is 487 g/mol. The van der Waals surface area contributed by atoms with E-state index in [9.17, 15) is 4.79 Å². The number of carbonyl (C=O) groups excluding carboxylic acids is 1. The highest BCUT2D eigenvalue weighted by atomic mass is 16.5. The van der Waals surface area contributed by atoms with Crippen molar-refractivity contribution in [2.45, 2.75) is 45.2 Å². The van der Waals surface area contributed by atoms with Crippen molar-refractivity contribution in [2.24, 2.45) is 7.05 Å². The Morgan fingerprint density at radius 1 is 1.08 bits per heavy atom. The highest BCUT2D eigenvalue weighted by Gasteiger charge is 2.28. The summed E-state index contributed by atoms with van der Waals surface area (Å²) in [6.45, 7) is 8.25. The molecule has 0 unspecified atom stereocenters. The van der Waals surface area contributed by atoms with Crippen molar-refractivity contribution in [3.63, 3.8) is 0 Å². The quantitative estimate of drug-likeness (QED) is 0.529. The molecular formula is C29H37N5O2. The molecule has 0 spiro atoms. The number of amides is 1. The summed E-state index contributed by atoms with van der Waals surface area (Å²) in [5.41, 5.74) is 5.86. The first-order valence-corrected chi connectivity index (χ1v) is 13.0.